The molecule has 0 heterocycles. The van der Waals surface area contributed by atoms with Gasteiger partial charge in [-0.25, -0.2) is 4.39 Å². The van der Waals surface area contributed by atoms with Gasteiger partial charge in [0.15, 0.2) is 0 Å². The Balaban J connectivity index is 2.92. The van der Waals surface area contributed by atoms with Crippen LogP contribution in [0.1, 0.15) is 5.56 Å². The van der Waals surface area contributed by atoms with Crippen LogP contribution >= 0.6 is 0 Å². The summed E-state index contributed by atoms with van der Waals surface area (Å²) < 4.78 is 13.1. The lowest BCUT2D eigenvalue weighted by Gasteiger charge is -2.19. The Kier molecular flexibility index (Phi) is 5.63. The second kappa shape index (κ2) is 7.00. The number of hydrogen-bond acceptors (Lipinski definition) is 5. The number of aliphatic hydroxyl groups excluding tert-OH is 2. The Morgan fingerprint density at radius 1 is 1.28 bits per heavy atom. The van der Waals surface area contributed by atoms with E-state index in [1.807, 2.05) is 0 Å². The lowest BCUT2D eigenvalue weighted by molar-refractivity contribution is -0.385. The smallest absolute Gasteiger partial charge is 0.274 e. The van der Waals surface area contributed by atoms with Crippen LogP contribution in [0.4, 0.5) is 10.1 Å². The standard InChI is InChI=1S/C11H15FN2O4/c12-10-1-2-11(14(17)18)9(7-10)8-13(3-5-15)4-6-16/h1-2,7,15-16H,3-6,8H2. The summed E-state index contributed by atoms with van der Waals surface area (Å²) in [5, 5.41) is 28.5. The van der Waals surface area contributed by atoms with E-state index in [1.54, 1.807) is 4.90 Å². The van der Waals surface area contributed by atoms with Crippen molar-refractivity contribution in [2.45, 2.75) is 6.54 Å². The summed E-state index contributed by atoms with van der Waals surface area (Å²) in [6, 6.07) is 3.24. The molecule has 0 fully saturated rings. The lowest BCUT2D eigenvalue weighted by atomic mass is 10.1. The molecule has 0 aromatic heterocycles. The van der Waals surface area contributed by atoms with E-state index in [0.29, 0.717) is 0 Å². The first-order valence-electron chi connectivity index (χ1n) is 5.45. The number of rotatable bonds is 7. The van der Waals surface area contributed by atoms with Crippen molar-refractivity contribution >= 4 is 5.69 Å². The van der Waals surface area contributed by atoms with Crippen LogP contribution in [-0.4, -0.2) is 46.3 Å². The number of benzene rings is 1. The molecule has 0 amide bonds. The number of hydrogen-bond donors (Lipinski definition) is 2. The van der Waals surface area contributed by atoms with Gasteiger partial charge in [-0.3, -0.25) is 15.0 Å². The summed E-state index contributed by atoms with van der Waals surface area (Å²) in [6.45, 7) is 0.351. The SMILES string of the molecule is O=[N+]([O-])c1ccc(F)cc1CN(CCO)CCO. The summed E-state index contributed by atoms with van der Waals surface area (Å²) in [7, 11) is 0. The molecule has 18 heavy (non-hydrogen) atoms. The molecule has 1 rings (SSSR count). The third-order valence-electron chi connectivity index (χ3n) is 2.46. The van der Waals surface area contributed by atoms with Gasteiger partial charge in [-0.15, -0.1) is 0 Å². The molecular formula is C11H15FN2O4. The zero-order chi connectivity index (χ0) is 13.5. The van der Waals surface area contributed by atoms with Crippen LogP contribution < -0.4 is 0 Å². The second-order valence-electron chi connectivity index (χ2n) is 3.75. The second-order valence-corrected chi connectivity index (χ2v) is 3.75. The topological polar surface area (TPSA) is 86.8 Å². The van der Waals surface area contributed by atoms with Crippen LogP contribution in [0, 0.1) is 15.9 Å². The van der Waals surface area contributed by atoms with Crippen molar-refractivity contribution in [3.8, 4) is 0 Å². The van der Waals surface area contributed by atoms with Gasteiger partial charge in [0.2, 0.25) is 0 Å². The van der Waals surface area contributed by atoms with Crippen molar-refractivity contribution in [1.82, 2.24) is 4.90 Å². The third-order valence-corrected chi connectivity index (χ3v) is 2.46. The van der Waals surface area contributed by atoms with Gasteiger partial charge in [-0.05, 0) is 12.1 Å². The molecule has 1 aromatic rings. The third kappa shape index (κ3) is 4.02. The fraction of sp³-hybridized carbons (Fsp3) is 0.455. The summed E-state index contributed by atoms with van der Waals surface area (Å²) in [5.74, 6) is -0.552. The maximum absolute atomic E-state index is 13.1. The minimum Gasteiger partial charge on any atom is -0.395 e. The lowest BCUT2D eigenvalue weighted by Crippen LogP contribution is -2.29. The van der Waals surface area contributed by atoms with Crippen molar-refractivity contribution in [2.75, 3.05) is 26.3 Å². The van der Waals surface area contributed by atoms with E-state index >= 15 is 0 Å². The highest BCUT2D eigenvalue weighted by Gasteiger charge is 2.17. The number of halogens is 1. The number of nitrogens with zero attached hydrogens (tertiary/aromatic N) is 2. The molecule has 0 spiro atoms. The summed E-state index contributed by atoms with van der Waals surface area (Å²) in [5.41, 5.74) is 0.0548. The average Bonchev–Trinajstić information content (AvgIpc) is 2.29. The van der Waals surface area contributed by atoms with Gasteiger partial charge in [0.1, 0.15) is 5.82 Å². The van der Waals surface area contributed by atoms with Gasteiger partial charge in [-0.2, -0.15) is 0 Å². The molecule has 0 saturated heterocycles. The highest BCUT2D eigenvalue weighted by atomic mass is 19.1. The predicted octanol–water partition coefficient (Wildman–Crippen LogP) is 0.520. The van der Waals surface area contributed by atoms with Gasteiger partial charge in [-0.1, -0.05) is 0 Å². The molecule has 6 nitrogen and oxygen atoms in total. The van der Waals surface area contributed by atoms with E-state index in [1.165, 1.54) is 0 Å². The molecular weight excluding hydrogens is 243 g/mol. The highest BCUT2D eigenvalue weighted by Crippen LogP contribution is 2.21. The van der Waals surface area contributed by atoms with Gasteiger partial charge in [0.25, 0.3) is 5.69 Å². The average molecular weight is 258 g/mol. The van der Waals surface area contributed by atoms with Crippen LogP contribution in [0.3, 0.4) is 0 Å². The summed E-state index contributed by atoms with van der Waals surface area (Å²) in [4.78, 5) is 11.8. The molecule has 0 atom stereocenters. The minimum absolute atomic E-state index is 0.106. The van der Waals surface area contributed by atoms with Gasteiger partial charge >= 0.3 is 0 Å². The van der Waals surface area contributed by atoms with Gasteiger partial charge < -0.3 is 10.2 Å². The summed E-state index contributed by atoms with van der Waals surface area (Å²) >= 11 is 0. The van der Waals surface area contributed by atoms with E-state index in [2.05, 4.69) is 0 Å². The molecule has 0 unspecified atom stereocenters. The normalized spacial score (nSPS) is 10.9. The van der Waals surface area contributed by atoms with Crippen LogP contribution in [-0.2, 0) is 6.54 Å². The van der Waals surface area contributed by atoms with Crippen molar-refractivity contribution < 1.29 is 19.5 Å². The van der Waals surface area contributed by atoms with E-state index in [4.69, 9.17) is 10.2 Å². The molecule has 100 valence electrons. The zero-order valence-corrected chi connectivity index (χ0v) is 9.75. The van der Waals surface area contributed by atoms with Crippen LogP contribution in [0.25, 0.3) is 0 Å². The molecule has 0 radical (unpaired) electrons. The Bertz CT molecular complexity index is 408. The van der Waals surface area contributed by atoms with E-state index in [0.717, 1.165) is 18.2 Å². The van der Waals surface area contributed by atoms with Crippen LogP contribution in [0.15, 0.2) is 18.2 Å². The maximum atomic E-state index is 13.1. The van der Waals surface area contributed by atoms with Crippen molar-refractivity contribution in [3.63, 3.8) is 0 Å². The molecule has 0 aliphatic carbocycles. The molecule has 0 saturated carbocycles. The molecule has 1 aromatic carbocycles. The fourth-order valence-corrected chi connectivity index (χ4v) is 1.65. The molecule has 0 aliphatic heterocycles. The van der Waals surface area contributed by atoms with Crippen molar-refractivity contribution in [3.05, 3.63) is 39.7 Å². The minimum atomic E-state index is -0.579. The fourth-order valence-electron chi connectivity index (χ4n) is 1.65. The number of nitro groups is 1. The molecule has 0 aliphatic rings. The quantitative estimate of drug-likeness (QED) is 0.550. The Morgan fingerprint density at radius 2 is 1.89 bits per heavy atom. The Labute approximate surface area is 103 Å². The van der Waals surface area contributed by atoms with Gasteiger partial charge in [0, 0.05) is 31.3 Å². The zero-order valence-electron chi connectivity index (χ0n) is 9.75. The summed E-state index contributed by atoms with van der Waals surface area (Å²) in [6.07, 6.45) is 0. The molecule has 0 bridgehead atoms. The van der Waals surface area contributed by atoms with E-state index in [9.17, 15) is 14.5 Å². The predicted molar refractivity (Wildman–Crippen MR) is 62.5 cm³/mol. The number of nitro benzene ring substituents is 1. The first-order valence-corrected chi connectivity index (χ1v) is 5.45. The Hall–Kier alpha value is -1.57. The molecule has 2 N–H and O–H groups in total. The van der Waals surface area contributed by atoms with Crippen molar-refractivity contribution in [1.29, 1.82) is 0 Å². The van der Waals surface area contributed by atoms with Gasteiger partial charge in [0.05, 0.1) is 18.1 Å². The van der Waals surface area contributed by atoms with E-state index in [-0.39, 0.29) is 44.1 Å². The van der Waals surface area contributed by atoms with Crippen LogP contribution in [0.5, 0.6) is 0 Å². The highest BCUT2D eigenvalue weighted by molar-refractivity contribution is 5.40. The molecule has 7 heteroatoms. The Morgan fingerprint density at radius 3 is 2.39 bits per heavy atom. The number of aliphatic hydroxyl groups is 2. The van der Waals surface area contributed by atoms with Crippen molar-refractivity contribution in [2.24, 2.45) is 0 Å². The maximum Gasteiger partial charge on any atom is 0.274 e. The first-order chi connectivity index (χ1) is 8.58. The van der Waals surface area contributed by atoms with Crippen LogP contribution in [0.2, 0.25) is 0 Å². The monoisotopic (exact) mass is 258 g/mol. The first kappa shape index (κ1) is 14.5. The van der Waals surface area contributed by atoms with E-state index < -0.39 is 10.7 Å². The largest absolute Gasteiger partial charge is 0.395 e.